The van der Waals surface area contributed by atoms with Crippen molar-refractivity contribution in [3.8, 4) is 5.69 Å². The Hall–Kier alpha value is -1.85. The Kier molecular flexibility index (Phi) is 7.02. The van der Waals surface area contributed by atoms with E-state index in [1.807, 2.05) is 60.2 Å². The highest BCUT2D eigenvalue weighted by Gasteiger charge is 2.23. The first-order valence-corrected chi connectivity index (χ1v) is 8.73. The molecule has 0 unspecified atom stereocenters. The fraction of sp³-hybridized carbons (Fsp3) is 0.474. The number of piperidine rings is 1. The summed E-state index contributed by atoms with van der Waals surface area (Å²) in [6.07, 6.45) is 7.23. The molecule has 136 valence electrons. The lowest BCUT2D eigenvalue weighted by atomic mass is 9.93. The van der Waals surface area contributed by atoms with Crippen LogP contribution in [0.5, 0.6) is 0 Å². The summed E-state index contributed by atoms with van der Waals surface area (Å²) >= 11 is 0. The molecule has 1 saturated heterocycles. The van der Waals surface area contributed by atoms with E-state index >= 15 is 0 Å². The van der Waals surface area contributed by atoms with Crippen LogP contribution in [-0.4, -0.2) is 47.3 Å². The molecule has 1 amide bonds. The molecule has 3 rings (SSSR count). The van der Waals surface area contributed by atoms with Crippen LogP contribution >= 0.6 is 12.4 Å². The number of amides is 1. The van der Waals surface area contributed by atoms with Crippen molar-refractivity contribution in [3.05, 3.63) is 47.8 Å². The van der Waals surface area contributed by atoms with E-state index in [0.29, 0.717) is 0 Å². The quantitative estimate of drug-likeness (QED) is 0.889. The number of likely N-dealkylation sites (tertiary alicyclic amines) is 1. The Morgan fingerprint density at radius 1 is 1.24 bits per heavy atom. The molecule has 2 aromatic rings. The minimum atomic E-state index is 0. The van der Waals surface area contributed by atoms with Gasteiger partial charge in [0, 0.05) is 24.8 Å². The third kappa shape index (κ3) is 4.83. The smallest absolute Gasteiger partial charge is 0.253 e. The van der Waals surface area contributed by atoms with Crippen LogP contribution in [-0.2, 0) is 0 Å². The third-order valence-corrected chi connectivity index (χ3v) is 4.79. The molecule has 1 aromatic carbocycles. The number of carbonyl (C=O) groups is 1. The lowest BCUT2D eigenvalue weighted by Crippen LogP contribution is -2.38. The molecule has 1 aliphatic rings. The van der Waals surface area contributed by atoms with Crippen LogP contribution < -0.4 is 5.32 Å². The normalized spacial score (nSPS) is 15.0. The van der Waals surface area contributed by atoms with Crippen molar-refractivity contribution in [1.29, 1.82) is 0 Å². The fourth-order valence-corrected chi connectivity index (χ4v) is 3.27. The van der Waals surface area contributed by atoms with Crippen molar-refractivity contribution in [2.75, 3.05) is 26.7 Å². The van der Waals surface area contributed by atoms with E-state index in [1.54, 1.807) is 0 Å². The van der Waals surface area contributed by atoms with Crippen LogP contribution in [0, 0.1) is 12.8 Å². The summed E-state index contributed by atoms with van der Waals surface area (Å²) < 4.78 is 1.83. The van der Waals surface area contributed by atoms with Crippen LogP contribution in [0.1, 0.15) is 35.2 Å². The van der Waals surface area contributed by atoms with Gasteiger partial charge in [-0.3, -0.25) is 4.79 Å². The minimum Gasteiger partial charge on any atom is -0.339 e. The van der Waals surface area contributed by atoms with Gasteiger partial charge in [0.15, 0.2) is 0 Å². The van der Waals surface area contributed by atoms with Crippen LogP contribution in [0.2, 0.25) is 0 Å². The van der Waals surface area contributed by atoms with E-state index in [0.717, 1.165) is 55.2 Å². The van der Waals surface area contributed by atoms with Crippen LogP contribution in [0.15, 0.2) is 36.7 Å². The van der Waals surface area contributed by atoms with Crippen molar-refractivity contribution >= 4 is 18.3 Å². The van der Waals surface area contributed by atoms with Gasteiger partial charge < -0.3 is 10.2 Å². The highest BCUT2D eigenvalue weighted by molar-refractivity contribution is 5.94. The Morgan fingerprint density at radius 3 is 2.48 bits per heavy atom. The summed E-state index contributed by atoms with van der Waals surface area (Å²) in [5, 5.41) is 7.51. The van der Waals surface area contributed by atoms with Gasteiger partial charge in [-0.25, -0.2) is 4.68 Å². The van der Waals surface area contributed by atoms with E-state index in [4.69, 9.17) is 0 Å². The molecular weight excluding hydrogens is 336 g/mol. The Morgan fingerprint density at radius 2 is 1.92 bits per heavy atom. The first kappa shape index (κ1) is 19.5. The van der Waals surface area contributed by atoms with Gasteiger partial charge in [-0.2, -0.15) is 5.10 Å². The number of hydrogen-bond donors (Lipinski definition) is 1. The Labute approximate surface area is 155 Å². The molecule has 6 heteroatoms. The van der Waals surface area contributed by atoms with Gasteiger partial charge in [0.1, 0.15) is 0 Å². The highest BCUT2D eigenvalue weighted by atomic mass is 35.5. The largest absolute Gasteiger partial charge is 0.339 e. The Bertz CT molecular complexity index is 675. The second-order valence-corrected chi connectivity index (χ2v) is 6.64. The summed E-state index contributed by atoms with van der Waals surface area (Å²) in [5.74, 6) is 0.886. The van der Waals surface area contributed by atoms with Crippen molar-refractivity contribution in [3.63, 3.8) is 0 Å². The average molecular weight is 363 g/mol. The lowest BCUT2D eigenvalue weighted by Gasteiger charge is -2.32. The number of hydrogen-bond acceptors (Lipinski definition) is 3. The zero-order valence-corrected chi connectivity index (χ0v) is 15.8. The molecule has 0 spiro atoms. The van der Waals surface area contributed by atoms with E-state index in [-0.39, 0.29) is 18.3 Å². The molecule has 2 heterocycles. The molecule has 0 bridgehead atoms. The van der Waals surface area contributed by atoms with Crippen LogP contribution in [0.25, 0.3) is 5.69 Å². The molecule has 5 nitrogen and oxygen atoms in total. The average Bonchev–Trinajstić information content (AvgIpc) is 3.06. The molecule has 1 aromatic heterocycles. The molecule has 25 heavy (non-hydrogen) atoms. The number of nitrogens with one attached hydrogen (secondary N) is 1. The third-order valence-electron chi connectivity index (χ3n) is 4.79. The molecule has 1 fully saturated rings. The molecule has 0 aliphatic carbocycles. The van der Waals surface area contributed by atoms with Gasteiger partial charge in [0.2, 0.25) is 0 Å². The second-order valence-electron chi connectivity index (χ2n) is 6.64. The summed E-state index contributed by atoms with van der Waals surface area (Å²) in [4.78, 5) is 14.7. The van der Waals surface area contributed by atoms with Crippen molar-refractivity contribution in [1.82, 2.24) is 20.0 Å². The van der Waals surface area contributed by atoms with Gasteiger partial charge in [0.05, 0.1) is 11.9 Å². The van der Waals surface area contributed by atoms with E-state index < -0.39 is 0 Å². The molecule has 1 N–H and O–H groups in total. The predicted molar refractivity (Wildman–Crippen MR) is 103 cm³/mol. The maximum absolute atomic E-state index is 12.7. The molecule has 1 aliphatic heterocycles. The first-order chi connectivity index (χ1) is 11.7. The zero-order valence-electron chi connectivity index (χ0n) is 14.9. The van der Waals surface area contributed by atoms with Gasteiger partial charge >= 0.3 is 0 Å². The molecule has 0 saturated carbocycles. The SMILES string of the molecule is CNCCC1CCN(C(=O)c2ccc(-n3cc(C)cn3)cc2)CC1.Cl. The number of halogens is 1. The Balaban J connectivity index is 0.00000225. The van der Waals surface area contributed by atoms with Crippen molar-refractivity contribution < 1.29 is 4.79 Å². The number of rotatable bonds is 5. The highest BCUT2D eigenvalue weighted by Crippen LogP contribution is 2.22. The van der Waals surface area contributed by atoms with Gasteiger partial charge in [-0.15, -0.1) is 12.4 Å². The summed E-state index contributed by atoms with van der Waals surface area (Å²) in [5.41, 5.74) is 2.86. The standard InChI is InChI=1S/C19H26N4O.ClH/c1-15-13-21-23(14-15)18-5-3-17(4-6-18)19(24)22-11-8-16(9-12-22)7-10-20-2;/h3-6,13-14,16,20H,7-12H2,1-2H3;1H. The van der Waals surface area contributed by atoms with E-state index in [1.165, 1.54) is 6.42 Å². The number of aromatic nitrogens is 2. The maximum Gasteiger partial charge on any atom is 0.253 e. The topological polar surface area (TPSA) is 50.2 Å². The number of aryl methyl sites for hydroxylation is 1. The van der Waals surface area contributed by atoms with Crippen molar-refractivity contribution in [2.24, 2.45) is 5.92 Å². The second kappa shape index (κ2) is 9.02. The minimum absolute atomic E-state index is 0. The maximum atomic E-state index is 12.7. The monoisotopic (exact) mass is 362 g/mol. The summed E-state index contributed by atoms with van der Waals surface area (Å²) in [6, 6.07) is 7.72. The van der Waals surface area contributed by atoms with E-state index in [9.17, 15) is 4.79 Å². The number of carbonyl (C=O) groups excluding carboxylic acids is 1. The van der Waals surface area contributed by atoms with Gasteiger partial charge in [-0.05, 0) is 75.5 Å². The number of benzene rings is 1. The summed E-state index contributed by atoms with van der Waals surface area (Å²) in [7, 11) is 1.99. The van der Waals surface area contributed by atoms with Crippen molar-refractivity contribution in [2.45, 2.75) is 26.2 Å². The van der Waals surface area contributed by atoms with Crippen LogP contribution in [0.4, 0.5) is 0 Å². The fourth-order valence-electron chi connectivity index (χ4n) is 3.27. The molecule has 0 atom stereocenters. The van der Waals surface area contributed by atoms with Gasteiger partial charge in [-0.1, -0.05) is 0 Å². The zero-order chi connectivity index (χ0) is 16.9. The first-order valence-electron chi connectivity index (χ1n) is 8.73. The molecule has 0 radical (unpaired) electrons. The predicted octanol–water partition coefficient (Wildman–Crippen LogP) is 3.06. The lowest BCUT2D eigenvalue weighted by molar-refractivity contribution is 0.0687. The number of nitrogens with zero attached hydrogens (tertiary/aromatic N) is 3. The van der Waals surface area contributed by atoms with Crippen LogP contribution in [0.3, 0.4) is 0 Å². The van der Waals surface area contributed by atoms with Gasteiger partial charge in [0.25, 0.3) is 5.91 Å². The molecular formula is C19H27ClN4O. The van der Waals surface area contributed by atoms with E-state index in [2.05, 4.69) is 10.4 Å². The summed E-state index contributed by atoms with van der Waals surface area (Å²) in [6.45, 7) is 4.81.